The summed E-state index contributed by atoms with van der Waals surface area (Å²) in [4.78, 5) is 4.24. The standard InChI is InChI=1S/C15H16F2N2O/c1-3-18-9-11-7-8-14(19-10(11)2)20-13-6-4-5-12(16)15(13)17/h4-8,18H,3,9H2,1-2H3. The molecule has 0 aliphatic carbocycles. The van der Waals surface area contributed by atoms with E-state index < -0.39 is 11.6 Å². The van der Waals surface area contributed by atoms with Crippen molar-refractivity contribution < 1.29 is 13.5 Å². The number of hydrogen-bond donors (Lipinski definition) is 1. The summed E-state index contributed by atoms with van der Waals surface area (Å²) in [6, 6.07) is 7.30. The minimum absolute atomic E-state index is 0.170. The van der Waals surface area contributed by atoms with Crippen LogP contribution in [0.3, 0.4) is 0 Å². The quantitative estimate of drug-likeness (QED) is 0.908. The van der Waals surface area contributed by atoms with Gasteiger partial charge in [-0.15, -0.1) is 0 Å². The summed E-state index contributed by atoms with van der Waals surface area (Å²) in [7, 11) is 0. The van der Waals surface area contributed by atoms with Crippen molar-refractivity contribution in [1.29, 1.82) is 0 Å². The molecule has 1 aromatic heterocycles. The van der Waals surface area contributed by atoms with E-state index in [4.69, 9.17) is 4.74 Å². The average molecular weight is 278 g/mol. The van der Waals surface area contributed by atoms with Crippen molar-refractivity contribution in [3.8, 4) is 11.6 Å². The van der Waals surface area contributed by atoms with E-state index in [1.165, 1.54) is 12.1 Å². The number of benzene rings is 1. The van der Waals surface area contributed by atoms with E-state index in [0.717, 1.165) is 23.9 Å². The lowest BCUT2D eigenvalue weighted by Crippen LogP contribution is -2.13. The van der Waals surface area contributed by atoms with Crippen LogP contribution in [0.5, 0.6) is 11.6 Å². The number of aryl methyl sites for hydroxylation is 1. The Morgan fingerprint density at radius 1 is 1.20 bits per heavy atom. The highest BCUT2D eigenvalue weighted by atomic mass is 19.2. The fourth-order valence-electron chi connectivity index (χ4n) is 1.75. The van der Waals surface area contributed by atoms with E-state index in [2.05, 4.69) is 10.3 Å². The first-order valence-corrected chi connectivity index (χ1v) is 6.41. The first kappa shape index (κ1) is 14.4. The Bertz CT molecular complexity index is 602. The predicted octanol–water partition coefficient (Wildman–Crippen LogP) is 3.57. The van der Waals surface area contributed by atoms with Gasteiger partial charge in [0.05, 0.1) is 0 Å². The van der Waals surface area contributed by atoms with E-state index in [9.17, 15) is 8.78 Å². The number of nitrogens with one attached hydrogen (secondary N) is 1. The van der Waals surface area contributed by atoms with Gasteiger partial charge < -0.3 is 10.1 Å². The molecule has 0 aliphatic heterocycles. The van der Waals surface area contributed by atoms with Crippen LogP contribution in [0, 0.1) is 18.6 Å². The number of rotatable bonds is 5. The van der Waals surface area contributed by atoms with Gasteiger partial charge >= 0.3 is 0 Å². The van der Waals surface area contributed by atoms with Gasteiger partial charge in [0.15, 0.2) is 11.6 Å². The van der Waals surface area contributed by atoms with Crippen molar-refractivity contribution in [1.82, 2.24) is 10.3 Å². The Morgan fingerprint density at radius 2 is 2.00 bits per heavy atom. The van der Waals surface area contributed by atoms with Crippen LogP contribution in [-0.4, -0.2) is 11.5 Å². The highest BCUT2D eigenvalue weighted by molar-refractivity contribution is 5.31. The van der Waals surface area contributed by atoms with Crippen molar-refractivity contribution in [2.24, 2.45) is 0 Å². The molecule has 20 heavy (non-hydrogen) atoms. The maximum Gasteiger partial charge on any atom is 0.219 e. The van der Waals surface area contributed by atoms with Crippen molar-refractivity contribution in [2.75, 3.05) is 6.54 Å². The van der Waals surface area contributed by atoms with Crippen LogP contribution in [0.15, 0.2) is 30.3 Å². The topological polar surface area (TPSA) is 34.1 Å². The molecule has 0 saturated heterocycles. The molecule has 0 spiro atoms. The summed E-state index contributed by atoms with van der Waals surface area (Å²) in [5.41, 5.74) is 1.83. The minimum atomic E-state index is -1.01. The van der Waals surface area contributed by atoms with Gasteiger partial charge in [0.1, 0.15) is 0 Å². The Morgan fingerprint density at radius 3 is 2.70 bits per heavy atom. The van der Waals surface area contributed by atoms with Crippen molar-refractivity contribution >= 4 is 0 Å². The highest BCUT2D eigenvalue weighted by Gasteiger charge is 2.11. The zero-order chi connectivity index (χ0) is 14.5. The molecule has 1 heterocycles. The number of hydrogen-bond acceptors (Lipinski definition) is 3. The molecule has 3 nitrogen and oxygen atoms in total. The molecule has 5 heteroatoms. The van der Waals surface area contributed by atoms with E-state index in [0.29, 0.717) is 6.54 Å². The summed E-state index contributed by atoms with van der Waals surface area (Å²) in [5.74, 6) is -1.88. The summed E-state index contributed by atoms with van der Waals surface area (Å²) in [6.45, 7) is 5.45. The molecule has 0 unspecified atom stereocenters. The van der Waals surface area contributed by atoms with Gasteiger partial charge in [-0.3, -0.25) is 0 Å². The molecule has 0 aliphatic rings. The second-order valence-electron chi connectivity index (χ2n) is 4.33. The van der Waals surface area contributed by atoms with Crippen LogP contribution in [-0.2, 0) is 6.54 Å². The molecule has 0 amide bonds. The summed E-state index contributed by atoms with van der Waals surface area (Å²) >= 11 is 0. The van der Waals surface area contributed by atoms with Crippen LogP contribution in [0.25, 0.3) is 0 Å². The Labute approximate surface area is 116 Å². The Hall–Kier alpha value is -2.01. The summed E-state index contributed by atoms with van der Waals surface area (Å²) < 4.78 is 31.9. The third-order valence-electron chi connectivity index (χ3n) is 2.87. The third kappa shape index (κ3) is 3.30. The van der Waals surface area contributed by atoms with E-state index in [1.54, 1.807) is 6.07 Å². The molecule has 0 saturated carbocycles. The second kappa shape index (κ2) is 6.43. The first-order chi connectivity index (χ1) is 9.61. The van der Waals surface area contributed by atoms with E-state index in [1.807, 2.05) is 19.9 Å². The van der Waals surface area contributed by atoms with Crippen LogP contribution < -0.4 is 10.1 Å². The third-order valence-corrected chi connectivity index (χ3v) is 2.87. The fraction of sp³-hybridized carbons (Fsp3) is 0.267. The molecule has 1 N–H and O–H groups in total. The van der Waals surface area contributed by atoms with Crippen LogP contribution in [0.1, 0.15) is 18.2 Å². The van der Waals surface area contributed by atoms with Crippen molar-refractivity contribution in [3.63, 3.8) is 0 Å². The molecule has 106 valence electrons. The molecular weight excluding hydrogens is 262 g/mol. The molecule has 2 aromatic rings. The number of halogens is 2. The molecule has 2 rings (SSSR count). The van der Waals surface area contributed by atoms with Gasteiger partial charge in [-0.25, -0.2) is 9.37 Å². The number of aromatic nitrogens is 1. The molecular formula is C15H16F2N2O. The second-order valence-corrected chi connectivity index (χ2v) is 4.33. The normalized spacial score (nSPS) is 10.6. The number of pyridine rings is 1. The van der Waals surface area contributed by atoms with Gasteiger partial charge in [-0.2, -0.15) is 4.39 Å². The molecule has 0 radical (unpaired) electrons. The molecule has 0 atom stereocenters. The minimum Gasteiger partial charge on any atom is -0.436 e. The maximum absolute atomic E-state index is 13.5. The van der Waals surface area contributed by atoms with Gasteiger partial charge in [0.25, 0.3) is 0 Å². The molecule has 0 fully saturated rings. The summed E-state index contributed by atoms with van der Waals surface area (Å²) in [5, 5.41) is 3.20. The lowest BCUT2D eigenvalue weighted by atomic mass is 10.2. The van der Waals surface area contributed by atoms with Crippen LogP contribution in [0.2, 0.25) is 0 Å². The number of nitrogens with zero attached hydrogens (tertiary/aromatic N) is 1. The van der Waals surface area contributed by atoms with E-state index in [-0.39, 0.29) is 11.6 Å². The van der Waals surface area contributed by atoms with E-state index >= 15 is 0 Å². The number of ether oxygens (including phenoxy) is 1. The lowest BCUT2D eigenvalue weighted by molar-refractivity contribution is 0.404. The zero-order valence-corrected chi connectivity index (χ0v) is 11.4. The zero-order valence-electron chi connectivity index (χ0n) is 11.4. The smallest absolute Gasteiger partial charge is 0.219 e. The SMILES string of the molecule is CCNCc1ccc(Oc2cccc(F)c2F)nc1C. The summed E-state index contributed by atoms with van der Waals surface area (Å²) in [6.07, 6.45) is 0. The van der Waals surface area contributed by atoms with Crippen molar-refractivity contribution in [3.05, 3.63) is 53.2 Å². The monoisotopic (exact) mass is 278 g/mol. The highest BCUT2D eigenvalue weighted by Crippen LogP contribution is 2.25. The largest absolute Gasteiger partial charge is 0.436 e. The lowest BCUT2D eigenvalue weighted by Gasteiger charge is -2.10. The molecule has 1 aromatic carbocycles. The van der Waals surface area contributed by atoms with Crippen LogP contribution >= 0.6 is 0 Å². The Balaban J connectivity index is 2.18. The van der Waals surface area contributed by atoms with Gasteiger partial charge in [-0.1, -0.05) is 19.1 Å². The van der Waals surface area contributed by atoms with Gasteiger partial charge in [0, 0.05) is 18.3 Å². The van der Waals surface area contributed by atoms with Crippen molar-refractivity contribution in [2.45, 2.75) is 20.4 Å². The molecule has 0 bridgehead atoms. The van der Waals surface area contributed by atoms with Crippen LogP contribution in [0.4, 0.5) is 8.78 Å². The van der Waals surface area contributed by atoms with Gasteiger partial charge in [0.2, 0.25) is 11.7 Å². The Kier molecular flexibility index (Phi) is 4.63. The fourth-order valence-corrected chi connectivity index (χ4v) is 1.75. The average Bonchev–Trinajstić information content (AvgIpc) is 2.43. The first-order valence-electron chi connectivity index (χ1n) is 6.41. The van der Waals surface area contributed by atoms with Gasteiger partial charge in [-0.05, 0) is 31.2 Å². The maximum atomic E-state index is 13.5. The predicted molar refractivity (Wildman–Crippen MR) is 72.8 cm³/mol.